The molecule has 18 heavy (non-hydrogen) atoms. The number of rotatable bonds is 5. The number of benzene rings is 1. The summed E-state index contributed by atoms with van der Waals surface area (Å²) in [6, 6.07) is 7.98. The topological polar surface area (TPSA) is 61.0 Å². The smallest absolute Gasteiger partial charge is 0.139 e. The lowest BCUT2D eigenvalue weighted by atomic mass is 10.1. The van der Waals surface area contributed by atoms with Crippen molar-refractivity contribution in [3.63, 3.8) is 0 Å². The third-order valence-electron chi connectivity index (χ3n) is 2.67. The molecule has 0 spiro atoms. The van der Waals surface area contributed by atoms with Gasteiger partial charge in [-0.3, -0.25) is 9.97 Å². The van der Waals surface area contributed by atoms with Crippen molar-refractivity contribution in [1.29, 1.82) is 0 Å². The number of hydrogen-bond acceptors (Lipinski definition) is 4. The molecular weight excluding hydrogens is 226 g/mol. The van der Waals surface area contributed by atoms with E-state index >= 15 is 0 Å². The number of aromatic nitrogens is 2. The van der Waals surface area contributed by atoms with Crippen molar-refractivity contribution in [2.75, 3.05) is 6.54 Å². The van der Waals surface area contributed by atoms with Gasteiger partial charge in [0, 0.05) is 12.4 Å². The summed E-state index contributed by atoms with van der Waals surface area (Å²) in [5.41, 5.74) is 7.55. The minimum atomic E-state index is -0.112. The Labute approximate surface area is 107 Å². The minimum Gasteiger partial charge on any atom is -0.484 e. The van der Waals surface area contributed by atoms with Crippen molar-refractivity contribution >= 4 is 0 Å². The fourth-order valence-electron chi connectivity index (χ4n) is 1.69. The number of nitrogens with zero attached hydrogens (tertiary/aromatic N) is 2. The third kappa shape index (κ3) is 3.28. The lowest BCUT2D eigenvalue weighted by Gasteiger charge is -2.13. The van der Waals surface area contributed by atoms with E-state index in [1.165, 1.54) is 5.56 Å². The Balaban J connectivity index is 2.01. The molecular formula is C14H17N3O. The molecule has 2 rings (SSSR count). The van der Waals surface area contributed by atoms with Gasteiger partial charge in [0.05, 0.1) is 11.9 Å². The highest BCUT2D eigenvalue weighted by atomic mass is 16.5. The van der Waals surface area contributed by atoms with Crippen LogP contribution in [0.15, 0.2) is 42.9 Å². The molecule has 94 valence electrons. The molecule has 4 nitrogen and oxygen atoms in total. The van der Waals surface area contributed by atoms with E-state index in [0.717, 1.165) is 17.9 Å². The lowest BCUT2D eigenvalue weighted by molar-refractivity contribution is 0.221. The molecule has 0 bridgehead atoms. The van der Waals surface area contributed by atoms with E-state index in [1.807, 2.05) is 31.2 Å². The lowest BCUT2D eigenvalue weighted by Crippen LogP contribution is -2.06. The van der Waals surface area contributed by atoms with Crippen LogP contribution in [-0.2, 0) is 6.42 Å². The minimum absolute atomic E-state index is 0.112. The van der Waals surface area contributed by atoms with Gasteiger partial charge in [0.1, 0.15) is 11.9 Å². The summed E-state index contributed by atoms with van der Waals surface area (Å²) in [7, 11) is 0. The predicted molar refractivity (Wildman–Crippen MR) is 70.3 cm³/mol. The second kappa shape index (κ2) is 6.12. The van der Waals surface area contributed by atoms with Crippen molar-refractivity contribution < 1.29 is 4.74 Å². The molecule has 0 saturated carbocycles. The molecule has 0 aliphatic carbocycles. The summed E-state index contributed by atoms with van der Waals surface area (Å²) in [6.07, 6.45) is 5.81. The maximum atomic E-state index is 5.80. The van der Waals surface area contributed by atoms with Gasteiger partial charge in [-0.15, -0.1) is 0 Å². The first kappa shape index (κ1) is 12.5. The SMILES string of the molecule is CC(Oc1ccc(CCN)cc1)c1cnccn1. The predicted octanol–water partition coefficient (Wildman–Crippen LogP) is 2.12. The molecule has 0 aliphatic rings. The van der Waals surface area contributed by atoms with Crippen LogP contribution in [0.5, 0.6) is 5.75 Å². The molecule has 1 atom stereocenters. The average molecular weight is 243 g/mol. The van der Waals surface area contributed by atoms with Gasteiger partial charge < -0.3 is 10.5 Å². The van der Waals surface area contributed by atoms with E-state index in [0.29, 0.717) is 6.54 Å². The van der Waals surface area contributed by atoms with Gasteiger partial charge in [0.25, 0.3) is 0 Å². The van der Waals surface area contributed by atoms with Crippen molar-refractivity contribution in [3.05, 3.63) is 54.1 Å². The van der Waals surface area contributed by atoms with Gasteiger partial charge >= 0.3 is 0 Å². The monoisotopic (exact) mass is 243 g/mol. The van der Waals surface area contributed by atoms with Crippen LogP contribution in [0, 0.1) is 0 Å². The quantitative estimate of drug-likeness (QED) is 0.873. The highest BCUT2D eigenvalue weighted by molar-refractivity contribution is 5.28. The largest absolute Gasteiger partial charge is 0.484 e. The Kier molecular flexibility index (Phi) is 4.25. The van der Waals surface area contributed by atoms with Crippen LogP contribution in [0.25, 0.3) is 0 Å². The zero-order valence-electron chi connectivity index (χ0n) is 10.4. The van der Waals surface area contributed by atoms with Crippen LogP contribution < -0.4 is 10.5 Å². The Hall–Kier alpha value is -1.94. The highest BCUT2D eigenvalue weighted by Gasteiger charge is 2.08. The molecule has 1 aromatic carbocycles. The van der Waals surface area contributed by atoms with Crippen molar-refractivity contribution in [1.82, 2.24) is 9.97 Å². The maximum absolute atomic E-state index is 5.80. The normalized spacial score (nSPS) is 12.1. The summed E-state index contributed by atoms with van der Waals surface area (Å²) in [4.78, 5) is 8.25. The van der Waals surface area contributed by atoms with Crippen LogP contribution in [0.4, 0.5) is 0 Å². The molecule has 2 aromatic rings. The maximum Gasteiger partial charge on any atom is 0.139 e. The molecule has 4 heteroatoms. The summed E-state index contributed by atoms with van der Waals surface area (Å²) in [5, 5.41) is 0. The summed E-state index contributed by atoms with van der Waals surface area (Å²) in [5.74, 6) is 0.828. The zero-order chi connectivity index (χ0) is 12.8. The molecule has 1 unspecified atom stereocenters. The second-order valence-corrected chi connectivity index (χ2v) is 4.07. The molecule has 1 aromatic heterocycles. The van der Waals surface area contributed by atoms with Crippen LogP contribution in [0.3, 0.4) is 0 Å². The number of nitrogens with two attached hydrogens (primary N) is 1. The molecule has 1 heterocycles. The molecule has 0 radical (unpaired) electrons. The van der Waals surface area contributed by atoms with Gasteiger partial charge in [0.2, 0.25) is 0 Å². The van der Waals surface area contributed by atoms with E-state index in [2.05, 4.69) is 9.97 Å². The molecule has 0 fully saturated rings. The van der Waals surface area contributed by atoms with Crippen molar-refractivity contribution in [3.8, 4) is 5.75 Å². The van der Waals surface area contributed by atoms with Crippen LogP contribution in [0.1, 0.15) is 24.3 Å². The van der Waals surface area contributed by atoms with E-state index in [9.17, 15) is 0 Å². The molecule has 0 amide bonds. The van der Waals surface area contributed by atoms with E-state index in [-0.39, 0.29) is 6.10 Å². The molecule has 0 aliphatic heterocycles. The Bertz CT molecular complexity index is 470. The number of ether oxygens (including phenoxy) is 1. The fourth-order valence-corrected chi connectivity index (χ4v) is 1.69. The summed E-state index contributed by atoms with van der Waals surface area (Å²) < 4.78 is 5.80. The Morgan fingerprint density at radius 1 is 1.22 bits per heavy atom. The highest BCUT2D eigenvalue weighted by Crippen LogP contribution is 2.20. The Morgan fingerprint density at radius 2 is 2.00 bits per heavy atom. The standard InChI is InChI=1S/C14H17N3O/c1-11(14-10-16-8-9-17-14)18-13-4-2-12(3-5-13)6-7-15/h2-5,8-11H,6-7,15H2,1H3. The van der Waals surface area contributed by atoms with E-state index < -0.39 is 0 Å². The first-order valence-corrected chi connectivity index (χ1v) is 6.01. The first-order valence-electron chi connectivity index (χ1n) is 6.01. The molecule has 2 N–H and O–H groups in total. The Morgan fingerprint density at radius 3 is 2.61 bits per heavy atom. The third-order valence-corrected chi connectivity index (χ3v) is 2.67. The van der Waals surface area contributed by atoms with E-state index in [4.69, 9.17) is 10.5 Å². The first-order chi connectivity index (χ1) is 8.79. The van der Waals surface area contributed by atoms with E-state index in [1.54, 1.807) is 18.6 Å². The second-order valence-electron chi connectivity index (χ2n) is 4.07. The zero-order valence-corrected chi connectivity index (χ0v) is 10.4. The van der Waals surface area contributed by atoms with Crippen LogP contribution in [-0.4, -0.2) is 16.5 Å². The van der Waals surface area contributed by atoms with Gasteiger partial charge in [0.15, 0.2) is 0 Å². The van der Waals surface area contributed by atoms with Crippen LogP contribution in [0.2, 0.25) is 0 Å². The average Bonchev–Trinajstić information content (AvgIpc) is 2.42. The fraction of sp³-hybridized carbons (Fsp3) is 0.286. The summed E-state index contributed by atoms with van der Waals surface area (Å²) >= 11 is 0. The van der Waals surface area contributed by atoms with Gasteiger partial charge in [-0.1, -0.05) is 12.1 Å². The molecule has 0 saturated heterocycles. The van der Waals surface area contributed by atoms with Gasteiger partial charge in [-0.05, 0) is 37.6 Å². The van der Waals surface area contributed by atoms with Crippen LogP contribution >= 0.6 is 0 Å². The van der Waals surface area contributed by atoms with Gasteiger partial charge in [-0.2, -0.15) is 0 Å². The van der Waals surface area contributed by atoms with Gasteiger partial charge in [-0.25, -0.2) is 0 Å². The van der Waals surface area contributed by atoms with Crippen molar-refractivity contribution in [2.45, 2.75) is 19.4 Å². The van der Waals surface area contributed by atoms with Crippen molar-refractivity contribution in [2.24, 2.45) is 5.73 Å². The number of hydrogen-bond donors (Lipinski definition) is 1. The summed E-state index contributed by atoms with van der Waals surface area (Å²) in [6.45, 7) is 2.62.